The fourth-order valence-corrected chi connectivity index (χ4v) is 2.90. The smallest absolute Gasteiger partial charge is 0.149 e. The number of anilines is 1. The van der Waals surface area contributed by atoms with E-state index in [4.69, 9.17) is 5.73 Å². The lowest BCUT2D eigenvalue weighted by Gasteiger charge is -2.06. The molecule has 0 aliphatic carbocycles. The molecule has 3 N–H and O–H groups in total. The number of H-pyrrole nitrogens is 1. The molecule has 80 valence electrons. The first-order valence-electron chi connectivity index (χ1n) is 4.68. The van der Waals surface area contributed by atoms with Gasteiger partial charge in [-0.3, -0.25) is 5.10 Å². The molecule has 2 heterocycles. The average molecular weight is 286 g/mol. The van der Waals surface area contributed by atoms with Gasteiger partial charge in [-0.15, -0.1) is 11.3 Å². The van der Waals surface area contributed by atoms with Crippen molar-refractivity contribution in [3.05, 3.63) is 20.8 Å². The Kier molecular flexibility index (Phi) is 2.84. The predicted octanol–water partition coefficient (Wildman–Crippen LogP) is 3.61. The molecule has 0 spiro atoms. The minimum Gasteiger partial charge on any atom is -0.382 e. The molecular formula is C10H12BrN3S. The van der Waals surface area contributed by atoms with Crippen molar-refractivity contribution in [1.29, 1.82) is 0 Å². The lowest BCUT2D eigenvalue weighted by atomic mass is 10.0. The summed E-state index contributed by atoms with van der Waals surface area (Å²) in [5.41, 5.74) is 9.09. The number of nitrogen functional groups attached to an aromatic ring is 1. The summed E-state index contributed by atoms with van der Waals surface area (Å²) in [6.07, 6.45) is 0. The van der Waals surface area contributed by atoms with Gasteiger partial charge in [0.2, 0.25) is 0 Å². The van der Waals surface area contributed by atoms with Crippen LogP contribution in [0.5, 0.6) is 0 Å². The molecular weight excluding hydrogens is 274 g/mol. The highest BCUT2D eigenvalue weighted by molar-refractivity contribution is 9.11. The number of hydrogen-bond donors (Lipinski definition) is 2. The summed E-state index contributed by atoms with van der Waals surface area (Å²) in [7, 11) is 0. The number of rotatable bonds is 2. The van der Waals surface area contributed by atoms with Crippen LogP contribution >= 0.6 is 27.3 Å². The minimum absolute atomic E-state index is 0.366. The van der Waals surface area contributed by atoms with Gasteiger partial charge in [0, 0.05) is 11.1 Å². The van der Waals surface area contributed by atoms with Crippen molar-refractivity contribution in [2.24, 2.45) is 0 Å². The zero-order valence-corrected chi connectivity index (χ0v) is 10.9. The summed E-state index contributed by atoms with van der Waals surface area (Å²) in [6, 6.07) is 2.06. The maximum atomic E-state index is 5.84. The molecule has 2 aromatic heterocycles. The van der Waals surface area contributed by atoms with Gasteiger partial charge in [0.05, 0.1) is 9.48 Å². The Bertz CT molecular complexity index is 473. The molecule has 0 aliphatic rings. The largest absolute Gasteiger partial charge is 0.382 e. The lowest BCUT2D eigenvalue weighted by molar-refractivity contribution is 0.873. The van der Waals surface area contributed by atoms with Crippen molar-refractivity contribution >= 4 is 33.1 Å². The number of aromatic amines is 1. The summed E-state index contributed by atoms with van der Waals surface area (Å²) in [4.78, 5) is 0. The number of nitrogens with zero attached hydrogens (tertiary/aromatic N) is 1. The van der Waals surface area contributed by atoms with Crippen LogP contribution in [0, 0.1) is 0 Å². The molecule has 0 aromatic carbocycles. The molecule has 0 saturated heterocycles. The fourth-order valence-electron chi connectivity index (χ4n) is 1.63. The van der Waals surface area contributed by atoms with Crippen LogP contribution in [0.2, 0.25) is 0 Å². The molecule has 5 heteroatoms. The quantitative estimate of drug-likeness (QED) is 0.886. The molecule has 0 aliphatic heterocycles. The van der Waals surface area contributed by atoms with Gasteiger partial charge in [0.1, 0.15) is 5.82 Å². The molecule has 3 nitrogen and oxygen atoms in total. The van der Waals surface area contributed by atoms with E-state index in [-0.39, 0.29) is 0 Å². The molecule has 0 radical (unpaired) electrons. The Hall–Kier alpha value is -0.810. The third-order valence-electron chi connectivity index (χ3n) is 2.30. The second-order valence-electron chi connectivity index (χ2n) is 3.66. The SMILES string of the molecule is CC(C)c1c(N)n[nH]c1-c1ccsc1Br. The van der Waals surface area contributed by atoms with Gasteiger partial charge in [-0.1, -0.05) is 13.8 Å². The monoisotopic (exact) mass is 285 g/mol. The number of thiophene rings is 1. The highest BCUT2D eigenvalue weighted by Crippen LogP contribution is 2.37. The van der Waals surface area contributed by atoms with Crippen LogP contribution in [0.25, 0.3) is 11.3 Å². The number of nitrogens with two attached hydrogens (primary N) is 1. The van der Waals surface area contributed by atoms with E-state index >= 15 is 0 Å². The van der Waals surface area contributed by atoms with E-state index in [1.165, 1.54) is 0 Å². The number of nitrogens with one attached hydrogen (secondary N) is 1. The van der Waals surface area contributed by atoms with E-state index < -0.39 is 0 Å². The van der Waals surface area contributed by atoms with Crippen molar-refractivity contribution < 1.29 is 0 Å². The summed E-state index contributed by atoms with van der Waals surface area (Å²) in [5, 5.41) is 9.11. The van der Waals surface area contributed by atoms with Crippen LogP contribution < -0.4 is 5.73 Å². The van der Waals surface area contributed by atoms with E-state index in [1.807, 2.05) is 5.38 Å². The van der Waals surface area contributed by atoms with Crippen molar-refractivity contribution in [2.75, 3.05) is 5.73 Å². The van der Waals surface area contributed by atoms with Gasteiger partial charge < -0.3 is 5.73 Å². The topological polar surface area (TPSA) is 54.7 Å². The molecule has 2 rings (SSSR count). The summed E-state index contributed by atoms with van der Waals surface area (Å²) in [5.74, 6) is 0.962. The van der Waals surface area contributed by atoms with Crippen LogP contribution in [-0.2, 0) is 0 Å². The molecule has 0 bridgehead atoms. The molecule has 0 fully saturated rings. The second-order valence-corrected chi connectivity index (χ2v) is 5.89. The Morgan fingerprint density at radius 2 is 2.27 bits per heavy atom. The van der Waals surface area contributed by atoms with E-state index in [2.05, 4.69) is 46.0 Å². The molecule has 0 saturated carbocycles. The molecule has 0 amide bonds. The minimum atomic E-state index is 0.366. The van der Waals surface area contributed by atoms with Crippen LogP contribution in [0.15, 0.2) is 15.2 Å². The predicted molar refractivity (Wildman–Crippen MR) is 68.1 cm³/mol. The zero-order valence-electron chi connectivity index (χ0n) is 8.54. The van der Waals surface area contributed by atoms with Gasteiger partial charge in [-0.2, -0.15) is 5.10 Å². The van der Waals surface area contributed by atoms with E-state index in [1.54, 1.807) is 11.3 Å². The maximum absolute atomic E-state index is 5.84. The summed E-state index contributed by atoms with van der Waals surface area (Å²) >= 11 is 5.18. The van der Waals surface area contributed by atoms with Gasteiger partial charge in [-0.25, -0.2) is 0 Å². The highest BCUT2D eigenvalue weighted by Gasteiger charge is 2.17. The summed E-state index contributed by atoms with van der Waals surface area (Å²) in [6.45, 7) is 4.23. The van der Waals surface area contributed by atoms with Crippen molar-refractivity contribution in [3.63, 3.8) is 0 Å². The standard InChI is InChI=1S/C10H12BrN3S/c1-5(2)7-8(13-14-10(7)12)6-3-4-15-9(6)11/h3-5H,1-2H3,(H3,12,13,14). The van der Waals surface area contributed by atoms with Gasteiger partial charge in [0.15, 0.2) is 0 Å². The van der Waals surface area contributed by atoms with Crippen LogP contribution in [0.4, 0.5) is 5.82 Å². The Labute approximate surface area is 101 Å². The Balaban J connectivity index is 2.59. The molecule has 15 heavy (non-hydrogen) atoms. The molecule has 2 aromatic rings. The van der Waals surface area contributed by atoms with Crippen molar-refractivity contribution in [1.82, 2.24) is 10.2 Å². The third-order valence-corrected chi connectivity index (χ3v) is 3.99. The van der Waals surface area contributed by atoms with Gasteiger partial charge in [-0.05, 0) is 33.3 Å². The lowest BCUT2D eigenvalue weighted by Crippen LogP contribution is -1.94. The molecule has 0 atom stereocenters. The fraction of sp³-hybridized carbons (Fsp3) is 0.300. The number of halogens is 1. The number of aromatic nitrogens is 2. The van der Waals surface area contributed by atoms with Crippen LogP contribution in [-0.4, -0.2) is 10.2 Å². The van der Waals surface area contributed by atoms with Crippen LogP contribution in [0.1, 0.15) is 25.3 Å². The van der Waals surface area contributed by atoms with E-state index in [0.29, 0.717) is 11.7 Å². The highest BCUT2D eigenvalue weighted by atomic mass is 79.9. The van der Waals surface area contributed by atoms with Gasteiger partial charge in [0.25, 0.3) is 0 Å². The third kappa shape index (κ3) is 1.81. The maximum Gasteiger partial charge on any atom is 0.149 e. The summed E-state index contributed by atoms with van der Waals surface area (Å²) < 4.78 is 1.10. The van der Waals surface area contributed by atoms with Gasteiger partial charge >= 0.3 is 0 Å². The zero-order chi connectivity index (χ0) is 11.0. The van der Waals surface area contributed by atoms with Crippen LogP contribution in [0.3, 0.4) is 0 Å². The average Bonchev–Trinajstić information content (AvgIpc) is 2.71. The number of hydrogen-bond acceptors (Lipinski definition) is 3. The van der Waals surface area contributed by atoms with E-state index in [9.17, 15) is 0 Å². The first-order chi connectivity index (χ1) is 7.11. The first-order valence-corrected chi connectivity index (χ1v) is 6.35. The first kappa shape index (κ1) is 10.7. The molecule has 0 unspecified atom stereocenters. The van der Waals surface area contributed by atoms with Crippen molar-refractivity contribution in [2.45, 2.75) is 19.8 Å². The normalized spacial score (nSPS) is 11.2. The van der Waals surface area contributed by atoms with E-state index in [0.717, 1.165) is 20.6 Å². The Morgan fingerprint density at radius 3 is 2.80 bits per heavy atom. The Morgan fingerprint density at radius 1 is 1.53 bits per heavy atom. The second kappa shape index (κ2) is 3.98. The van der Waals surface area contributed by atoms with Crippen molar-refractivity contribution in [3.8, 4) is 11.3 Å².